The minimum atomic E-state index is -0.644. The Morgan fingerprint density at radius 1 is 0.861 bits per heavy atom. The van der Waals surface area contributed by atoms with Crippen LogP contribution < -0.4 is 15.4 Å². The van der Waals surface area contributed by atoms with Crippen LogP contribution in [0.15, 0.2) is 72.8 Å². The number of phenols is 1. The normalized spacial score (nSPS) is 17.5. The smallest absolute Gasteiger partial charge is 0.343 e. The predicted molar refractivity (Wildman–Crippen MR) is 128 cm³/mol. The fraction of sp³-hybridized carbons (Fsp3) is 0.222. The van der Waals surface area contributed by atoms with E-state index in [-0.39, 0.29) is 23.0 Å². The van der Waals surface area contributed by atoms with Crippen molar-refractivity contribution in [3.63, 3.8) is 0 Å². The van der Waals surface area contributed by atoms with Gasteiger partial charge in [-0.3, -0.25) is 4.79 Å². The number of esters is 2. The number of rotatable bonds is 6. The molecule has 3 aromatic rings. The predicted octanol–water partition coefficient (Wildman–Crippen LogP) is 3.46. The third-order valence-corrected chi connectivity index (χ3v) is 5.74. The van der Waals surface area contributed by atoms with E-state index in [2.05, 4.69) is 10.6 Å². The van der Waals surface area contributed by atoms with Crippen molar-refractivity contribution >= 4 is 17.8 Å². The maximum absolute atomic E-state index is 13.0. The zero-order valence-electron chi connectivity index (χ0n) is 19.3. The Hall–Kier alpha value is -4.24. The van der Waals surface area contributed by atoms with E-state index in [1.54, 1.807) is 0 Å². The molecule has 186 valence electrons. The molecule has 4 rings (SSSR count). The molecule has 0 saturated carbocycles. The molecule has 0 aliphatic carbocycles. The van der Waals surface area contributed by atoms with Gasteiger partial charge in [-0.1, -0.05) is 0 Å². The number of carbonyl (C=O) groups is 3. The summed E-state index contributed by atoms with van der Waals surface area (Å²) < 4.78 is 24.0. The van der Waals surface area contributed by atoms with Gasteiger partial charge in [0.2, 0.25) is 0 Å². The van der Waals surface area contributed by atoms with Crippen LogP contribution in [0.2, 0.25) is 0 Å². The quantitative estimate of drug-likeness (QED) is 0.357. The van der Waals surface area contributed by atoms with Crippen LogP contribution in [-0.2, 0) is 4.74 Å². The second kappa shape index (κ2) is 11.5. The van der Waals surface area contributed by atoms with Crippen LogP contribution in [0.3, 0.4) is 0 Å². The standard InChI is InChI=1S/C27H25FN2O6/c28-20-9-3-18(4-10-20)26(33)35-22-13-7-17(8-14-22)25(32)30-23-16-29-15-1-2-24(23)36-27(34)19-5-11-21(31)12-6-19/h3-14,23-24,29,31H,1-2,15-16H2,(H,30,32)/t23-,24-/m1/s1. The molecule has 1 heterocycles. The number of hydrogen-bond acceptors (Lipinski definition) is 7. The first-order valence-corrected chi connectivity index (χ1v) is 11.5. The van der Waals surface area contributed by atoms with Crippen molar-refractivity contribution in [2.24, 2.45) is 0 Å². The van der Waals surface area contributed by atoms with E-state index in [1.165, 1.54) is 72.8 Å². The molecule has 1 aliphatic rings. The molecule has 0 spiro atoms. The molecule has 1 saturated heterocycles. The molecule has 1 fully saturated rings. The third kappa shape index (κ3) is 6.45. The van der Waals surface area contributed by atoms with Crippen molar-refractivity contribution in [3.8, 4) is 11.5 Å². The SMILES string of the molecule is O=C(N[C@@H]1CNCCC[C@H]1OC(=O)c1ccc(O)cc1)c1ccc(OC(=O)c2ccc(F)cc2)cc1. The van der Waals surface area contributed by atoms with Crippen LogP contribution >= 0.6 is 0 Å². The Bertz CT molecular complexity index is 1210. The third-order valence-electron chi connectivity index (χ3n) is 5.74. The van der Waals surface area contributed by atoms with E-state index in [1.807, 2.05) is 0 Å². The average Bonchev–Trinajstić information content (AvgIpc) is 3.10. The van der Waals surface area contributed by atoms with Gasteiger partial charge in [0, 0.05) is 12.1 Å². The summed E-state index contributed by atoms with van der Waals surface area (Å²) in [7, 11) is 0. The van der Waals surface area contributed by atoms with E-state index in [4.69, 9.17) is 9.47 Å². The van der Waals surface area contributed by atoms with Gasteiger partial charge < -0.3 is 25.2 Å². The van der Waals surface area contributed by atoms with E-state index >= 15 is 0 Å². The Morgan fingerprint density at radius 3 is 2.17 bits per heavy atom. The van der Waals surface area contributed by atoms with Gasteiger partial charge in [-0.05, 0) is 92.2 Å². The topological polar surface area (TPSA) is 114 Å². The maximum atomic E-state index is 13.0. The van der Waals surface area contributed by atoms with Crippen LogP contribution in [0.25, 0.3) is 0 Å². The van der Waals surface area contributed by atoms with Gasteiger partial charge in [-0.2, -0.15) is 0 Å². The number of carbonyl (C=O) groups excluding carboxylic acids is 3. The number of amides is 1. The van der Waals surface area contributed by atoms with Crippen LogP contribution in [0, 0.1) is 5.82 Å². The summed E-state index contributed by atoms with van der Waals surface area (Å²) in [5, 5.41) is 15.6. The highest BCUT2D eigenvalue weighted by Gasteiger charge is 2.29. The lowest BCUT2D eigenvalue weighted by Crippen LogP contribution is -2.49. The average molecular weight is 493 g/mol. The summed E-state index contributed by atoms with van der Waals surface area (Å²) in [6.07, 6.45) is 0.801. The van der Waals surface area contributed by atoms with Gasteiger partial charge in [-0.25, -0.2) is 14.0 Å². The number of ether oxygens (including phenoxy) is 2. The highest BCUT2D eigenvalue weighted by atomic mass is 19.1. The van der Waals surface area contributed by atoms with Gasteiger partial charge in [0.05, 0.1) is 17.2 Å². The summed E-state index contributed by atoms with van der Waals surface area (Å²) in [5.74, 6) is -1.72. The molecule has 0 radical (unpaired) electrons. The molecule has 3 aromatic carbocycles. The van der Waals surface area contributed by atoms with Gasteiger partial charge in [0.15, 0.2) is 0 Å². The summed E-state index contributed by atoms with van der Waals surface area (Å²) in [6, 6.07) is 16.3. The van der Waals surface area contributed by atoms with Crippen molar-refractivity contribution in [1.82, 2.24) is 10.6 Å². The van der Waals surface area contributed by atoms with Crippen LogP contribution in [-0.4, -0.2) is 48.2 Å². The molecular formula is C27H25FN2O6. The highest BCUT2D eigenvalue weighted by molar-refractivity contribution is 5.95. The van der Waals surface area contributed by atoms with Crippen LogP contribution in [0.1, 0.15) is 43.9 Å². The molecule has 3 N–H and O–H groups in total. The summed E-state index contributed by atoms with van der Waals surface area (Å²) >= 11 is 0. The van der Waals surface area contributed by atoms with Gasteiger partial charge in [-0.15, -0.1) is 0 Å². The maximum Gasteiger partial charge on any atom is 0.343 e. The molecule has 0 aromatic heterocycles. The number of nitrogens with one attached hydrogen (secondary N) is 2. The molecule has 0 bridgehead atoms. The number of hydrogen-bond donors (Lipinski definition) is 3. The number of benzene rings is 3. The van der Waals surface area contributed by atoms with Crippen molar-refractivity contribution in [1.29, 1.82) is 0 Å². The monoisotopic (exact) mass is 492 g/mol. The minimum Gasteiger partial charge on any atom is -0.508 e. The molecule has 9 heteroatoms. The lowest BCUT2D eigenvalue weighted by Gasteiger charge is -2.26. The van der Waals surface area contributed by atoms with Crippen molar-refractivity contribution in [2.75, 3.05) is 13.1 Å². The zero-order valence-corrected chi connectivity index (χ0v) is 19.3. The largest absolute Gasteiger partial charge is 0.508 e. The highest BCUT2D eigenvalue weighted by Crippen LogP contribution is 2.18. The van der Waals surface area contributed by atoms with E-state index in [0.29, 0.717) is 24.1 Å². The zero-order chi connectivity index (χ0) is 25.5. The molecule has 8 nitrogen and oxygen atoms in total. The first kappa shape index (κ1) is 24.9. The van der Waals surface area contributed by atoms with E-state index in [0.717, 1.165) is 13.0 Å². The van der Waals surface area contributed by atoms with Crippen LogP contribution in [0.5, 0.6) is 11.5 Å². The molecule has 1 amide bonds. The first-order valence-electron chi connectivity index (χ1n) is 11.5. The number of aromatic hydroxyl groups is 1. The molecule has 36 heavy (non-hydrogen) atoms. The fourth-order valence-corrected chi connectivity index (χ4v) is 3.78. The Kier molecular flexibility index (Phi) is 7.92. The summed E-state index contributed by atoms with van der Waals surface area (Å²) in [4.78, 5) is 37.7. The summed E-state index contributed by atoms with van der Waals surface area (Å²) in [5.41, 5.74) is 0.845. The Balaban J connectivity index is 1.38. The second-order valence-electron chi connectivity index (χ2n) is 8.34. The fourth-order valence-electron chi connectivity index (χ4n) is 3.78. The van der Waals surface area contributed by atoms with Crippen LogP contribution in [0.4, 0.5) is 4.39 Å². The van der Waals surface area contributed by atoms with Gasteiger partial charge >= 0.3 is 11.9 Å². The Morgan fingerprint density at radius 2 is 1.47 bits per heavy atom. The minimum absolute atomic E-state index is 0.0478. The van der Waals surface area contributed by atoms with Crippen molar-refractivity contribution < 1.29 is 33.4 Å². The van der Waals surface area contributed by atoms with Crippen molar-refractivity contribution in [2.45, 2.75) is 25.0 Å². The molecular weight excluding hydrogens is 467 g/mol. The molecule has 0 unspecified atom stereocenters. The number of halogens is 1. The molecule has 1 aliphatic heterocycles. The van der Waals surface area contributed by atoms with Gasteiger partial charge in [0.25, 0.3) is 5.91 Å². The first-order chi connectivity index (χ1) is 17.4. The van der Waals surface area contributed by atoms with Crippen molar-refractivity contribution in [3.05, 3.63) is 95.3 Å². The summed E-state index contributed by atoms with van der Waals surface area (Å²) in [6.45, 7) is 1.15. The Labute approximate surface area is 207 Å². The lowest BCUT2D eigenvalue weighted by atomic mass is 10.1. The lowest BCUT2D eigenvalue weighted by molar-refractivity contribution is 0.0192. The second-order valence-corrected chi connectivity index (χ2v) is 8.34. The van der Waals surface area contributed by atoms with Gasteiger partial charge in [0.1, 0.15) is 23.4 Å². The molecule has 2 atom stereocenters. The van der Waals surface area contributed by atoms with E-state index < -0.39 is 29.9 Å². The number of phenolic OH excluding ortho intramolecular Hbond substituents is 1. The van der Waals surface area contributed by atoms with E-state index in [9.17, 15) is 23.9 Å².